The maximum absolute atomic E-state index is 11.7. The quantitative estimate of drug-likeness (QED) is 0.616. The van der Waals surface area contributed by atoms with E-state index < -0.39 is 5.24 Å². The van der Waals surface area contributed by atoms with Gasteiger partial charge in [-0.25, -0.2) is 0 Å². The van der Waals surface area contributed by atoms with Crippen LogP contribution in [0.25, 0.3) is 0 Å². The normalized spacial score (nSPS) is 17.2. The van der Waals surface area contributed by atoms with Gasteiger partial charge in [-0.05, 0) is 74.8 Å². The van der Waals surface area contributed by atoms with Crippen molar-refractivity contribution in [1.29, 1.82) is 0 Å². The van der Waals surface area contributed by atoms with Gasteiger partial charge >= 0.3 is 0 Å². The highest BCUT2D eigenvalue weighted by atomic mass is 35.5. The monoisotopic (exact) mass is 408 g/mol. The molecule has 0 amide bonds. The zero-order valence-electron chi connectivity index (χ0n) is 14.7. The van der Waals surface area contributed by atoms with Gasteiger partial charge in [-0.1, -0.05) is 23.9 Å². The molecule has 0 radical (unpaired) electrons. The van der Waals surface area contributed by atoms with Gasteiger partial charge in [-0.3, -0.25) is 4.79 Å². The van der Waals surface area contributed by atoms with Gasteiger partial charge < -0.3 is 9.80 Å². The van der Waals surface area contributed by atoms with Crippen LogP contribution in [-0.2, 0) is 0 Å². The van der Waals surface area contributed by atoms with Crippen LogP contribution in [0.3, 0.4) is 0 Å². The number of fused-ring (bicyclic) bond motifs is 2. The number of benzene rings is 2. The van der Waals surface area contributed by atoms with Crippen molar-refractivity contribution in [2.45, 2.75) is 35.6 Å². The van der Waals surface area contributed by atoms with E-state index in [1.165, 1.54) is 41.4 Å². The Morgan fingerprint density at radius 2 is 1.81 bits per heavy atom. The average molecular weight is 409 g/mol. The lowest BCUT2D eigenvalue weighted by Crippen LogP contribution is -2.40. The van der Waals surface area contributed by atoms with E-state index in [4.69, 9.17) is 11.6 Å². The smallest absolute Gasteiger partial charge is 0.252 e. The van der Waals surface area contributed by atoms with Gasteiger partial charge in [0.2, 0.25) is 0 Å². The van der Waals surface area contributed by atoms with Crippen molar-refractivity contribution >= 4 is 52.4 Å². The minimum Gasteiger partial charge on any atom is -0.335 e. The molecular weight excluding hydrogens is 387 g/mol. The van der Waals surface area contributed by atoms with Crippen LogP contribution in [-0.4, -0.2) is 35.8 Å². The third-order valence-corrected chi connectivity index (χ3v) is 6.30. The van der Waals surface area contributed by atoms with Gasteiger partial charge in [0.25, 0.3) is 5.24 Å². The summed E-state index contributed by atoms with van der Waals surface area (Å²) in [6.07, 6.45) is 2.58. The number of rotatable bonds is 4. The van der Waals surface area contributed by atoms with Crippen molar-refractivity contribution in [1.82, 2.24) is 4.90 Å². The third-order valence-electron chi connectivity index (χ3n) is 4.95. The minimum atomic E-state index is -0.404. The molecule has 2 aromatic rings. The molecule has 0 aliphatic carbocycles. The Kier molecular flexibility index (Phi) is 6.18. The molecule has 4 rings (SSSR count). The predicted molar refractivity (Wildman–Crippen MR) is 112 cm³/mol. The molecule has 26 heavy (non-hydrogen) atoms. The van der Waals surface area contributed by atoms with Gasteiger partial charge in [0.05, 0.1) is 11.4 Å². The van der Waals surface area contributed by atoms with E-state index >= 15 is 0 Å². The fraction of sp³-hybridized carbons (Fsp3) is 0.350. The van der Waals surface area contributed by atoms with Gasteiger partial charge in [0, 0.05) is 27.9 Å². The number of hydrogen-bond donors (Lipinski definition) is 0. The van der Waals surface area contributed by atoms with Crippen LogP contribution in [0.5, 0.6) is 0 Å². The van der Waals surface area contributed by atoms with E-state index in [0.717, 1.165) is 12.2 Å². The van der Waals surface area contributed by atoms with E-state index in [2.05, 4.69) is 41.0 Å². The Hall–Kier alpha value is -1.20. The second-order valence-corrected chi connectivity index (χ2v) is 8.18. The molecule has 2 aliphatic rings. The number of para-hydroxylation sites is 1. The van der Waals surface area contributed by atoms with Crippen molar-refractivity contribution in [2.75, 3.05) is 24.5 Å². The van der Waals surface area contributed by atoms with E-state index in [1.54, 1.807) is 11.8 Å². The van der Waals surface area contributed by atoms with Crippen LogP contribution in [0, 0.1) is 0 Å². The first-order valence-corrected chi connectivity index (χ1v) is 9.95. The number of carbonyl (C=O) groups excluding carboxylic acids is 1. The Morgan fingerprint density at radius 3 is 2.54 bits per heavy atom. The lowest BCUT2D eigenvalue weighted by atomic mass is 10.1. The molecule has 0 saturated carbocycles. The van der Waals surface area contributed by atoms with Crippen LogP contribution in [0.2, 0.25) is 0 Å². The highest BCUT2D eigenvalue weighted by Crippen LogP contribution is 2.49. The molecule has 3 nitrogen and oxygen atoms in total. The first kappa shape index (κ1) is 19.6. The van der Waals surface area contributed by atoms with E-state index in [9.17, 15) is 4.79 Å². The van der Waals surface area contributed by atoms with Gasteiger partial charge in [0.1, 0.15) is 0 Å². The topological polar surface area (TPSA) is 23.6 Å². The van der Waals surface area contributed by atoms with Gasteiger partial charge in [-0.15, -0.1) is 12.4 Å². The van der Waals surface area contributed by atoms with Crippen LogP contribution in [0.15, 0.2) is 52.3 Å². The van der Waals surface area contributed by atoms with Gasteiger partial charge in [0.15, 0.2) is 0 Å². The van der Waals surface area contributed by atoms with Crippen molar-refractivity contribution < 1.29 is 4.79 Å². The minimum absolute atomic E-state index is 0. The zero-order chi connectivity index (χ0) is 17.4. The SMILES string of the molecule is CC(CN1CCCC1)N1c2ccccc2Sc2ccc(C(=O)Cl)cc21.Cl. The molecule has 1 atom stereocenters. The van der Waals surface area contributed by atoms with Crippen molar-refractivity contribution in [3.8, 4) is 0 Å². The zero-order valence-corrected chi connectivity index (χ0v) is 17.0. The molecule has 2 aromatic carbocycles. The summed E-state index contributed by atoms with van der Waals surface area (Å²) >= 11 is 7.50. The molecule has 0 bridgehead atoms. The molecule has 0 N–H and O–H groups in total. The summed E-state index contributed by atoms with van der Waals surface area (Å²) in [6, 6.07) is 14.6. The Bertz CT molecular complexity index is 808. The molecule has 1 fully saturated rings. The summed E-state index contributed by atoms with van der Waals surface area (Å²) in [4.78, 5) is 19.0. The second kappa shape index (κ2) is 8.22. The van der Waals surface area contributed by atoms with Crippen molar-refractivity contribution in [3.05, 3.63) is 48.0 Å². The molecule has 0 aromatic heterocycles. The number of hydrogen-bond acceptors (Lipinski definition) is 4. The van der Waals surface area contributed by atoms with Crippen LogP contribution < -0.4 is 4.90 Å². The maximum atomic E-state index is 11.7. The van der Waals surface area contributed by atoms with E-state index in [0.29, 0.717) is 11.6 Å². The molecule has 1 saturated heterocycles. The highest BCUT2D eigenvalue weighted by Gasteiger charge is 2.29. The third kappa shape index (κ3) is 3.74. The summed E-state index contributed by atoms with van der Waals surface area (Å²) < 4.78 is 0. The predicted octanol–water partition coefficient (Wildman–Crippen LogP) is 5.57. The van der Waals surface area contributed by atoms with Crippen molar-refractivity contribution in [3.63, 3.8) is 0 Å². The molecule has 0 spiro atoms. The second-order valence-electron chi connectivity index (χ2n) is 6.75. The first-order chi connectivity index (χ1) is 12.1. The van der Waals surface area contributed by atoms with E-state index in [-0.39, 0.29) is 12.4 Å². The average Bonchev–Trinajstić information content (AvgIpc) is 3.11. The van der Waals surface area contributed by atoms with Crippen LogP contribution >= 0.6 is 35.8 Å². The largest absolute Gasteiger partial charge is 0.335 e. The first-order valence-electron chi connectivity index (χ1n) is 8.76. The van der Waals surface area contributed by atoms with Crippen LogP contribution in [0.4, 0.5) is 11.4 Å². The Morgan fingerprint density at radius 1 is 1.12 bits per heavy atom. The molecular formula is C20H22Cl2N2OS. The Labute approximate surface area is 170 Å². The summed E-state index contributed by atoms with van der Waals surface area (Å²) in [7, 11) is 0. The molecule has 138 valence electrons. The summed E-state index contributed by atoms with van der Waals surface area (Å²) in [5.41, 5.74) is 2.85. The Balaban J connectivity index is 0.00000196. The van der Waals surface area contributed by atoms with E-state index in [1.807, 2.05) is 18.2 Å². The van der Waals surface area contributed by atoms with Gasteiger partial charge in [-0.2, -0.15) is 0 Å². The fourth-order valence-electron chi connectivity index (χ4n) is 3.80. The summed E-state index contributed by atoms with van der Waals surface area (Å²) in [5, 5.41) is -0.404. The van der Waals surface area contributed by atoms with Crippen LogP contribution in [0.1, 0.15) is 30.1 Å². The number of anilines is 2. The number of likely N-dealkylation sites (tertiary alicyclic amines) is 1. The highest BCUT2D eigenvalue weighted by molar-refractivity contribution is 7.99. The number of carbonyl (C=O) groups is 1. The molecule has 2 heterocycles. The molecule has 6 heteroatoms. The number of nitrogens with zero attached hydrogens (tertiary/aromatic N) is 2. The summed E-state index contributed by atoms with van der Waals surface area (Å²) in [6.45, 7) is 5.66. The maximum Gasteiger partial charge on any atom is 0.252 e. The fourth-order valence-corrected chi connectivity index (χ4v) is 4.97. The van der Waals surface area contributed by atoms with Crippen molar-refractivity contribution in [2.24, 2.45) is 0 Å². The molecule has 1 unspecified atom stereocenters. The standard InChI is InChI=1S/C20H21ClN2OS.ClH/c1-14(13-22-10-4-5-11-22)23-16-6-2-3-7-18(16)25-19-9-8-15(20(21)24)12-17(19)23;/h2-3,6-9,12,14H,4-5,10-11,13H2,1H3;1H. The number of halogens is 2. The lowest BCUT2D eigenvalue weighted by molar-refractivity contribution is 0.108. The summed E-state index contributed by atoms with van der Waals surface area (Å²) in [5.74, 6) is 0. The lowest BCUT2D eigenvalue weighted by Gasteiger charge is -2.39. The molecule has 2 aliphatic heterocycles.